The van der Waals surface area contributed by atoms with Crippen LogP contribution in [0.5, 0.6) is 0 Å². The molecule has 5 heteroatoms. The highest BCUT2D eigenvalue weighted by atomic mass is 32.1. The van der Waals surface area contributed by atoms with Crippen LogP contribution in [0.4, 0.5) is 10.8 Å². The summed E-state index contributed by atoms with van der Waals surface area (Å²) in [7, 11) is 0. The van der Waals surface area contributed by atoms with Gasteiger partial charge >= 0.3 is 5.97 Å². The Hall–Kier alpha value is -1.88. The van der Waals surface area contributed by atoms with E-state index in [2.05, 4.69) is 35.0 Å². The second kappa shape index (κ2) is 5.48. The van der Waals surface area contributed by atoms with Crippen molar-refractivity contribution in [3.05, 3.63) is 39.9 Å². The van der Waals surface area contributed by atoms with Crippen LogP contribution in [0.1, 0.15) is 39.8 Å². The molecule has 0 radical (unpaired) electrons. The Kier molecular flexibility index (Phi) is 3.68. The molecular formula is C16H18N2O2S. The van der Waals surface area contributed by atoms with Crippen molar-refractivity contribution in [3.8, 4) is 0 Å². The number of fused-ring (bicyclic) bond motifs is 1. The van der Waals surface area contributed by atoms with Crippen LogP contribution in [0.2, 0.25) is 0 Å². The molecule has 0 saturated carbocycles. The van der Waals surface area contributed by atoms with Crippen LogP contribution >= 0.6 is 11.3 Å². The maximum absolute atomic E-state index is 11.3. The fourth-order valence-electron chi connectivity index (χ4n) is 2.79. The molecular weight excluding hydrogens is 284 g/mol. The number of carbonyl (C=O) groups is 1. The molecule has 4 nitrogen and oxygen atoms in total. The number of rotatable bonds is 3. The quantitative estimate of drug-likeness (QED) is 0.937. The zero-order valence-electron chi connectivity index (χ0n) is 12.2. The summed E-state index contributed by atoms with van der Waals surface area (Å²) in [6, 6.07) is 6.44. The van der Waals surface area contributed by atoms with Gasteiger partial charge in [-0.05, 0) is 37.8 Å². The van der Waals surface area contributed by atoms with Gasteiger partial charge in [0, 0.05) is 12.2 Å². The van der Waals surface area contributed by atoms with Gasteiger partial charge in [0.25, 0.3) is 0 Å². The number of anilines is 2. The van der Waals surface area contributed by atoms with E-state index in [4.69, 9.17) is 0 Å². The molecule has 0 aliphatic carbocycles. The molecule has 0 atom stereocenters. The molecule has 0 amide bonds. The van der Waals surface area contributed by atoms with Crippen molar-refractivity contribution in [2.75, 3.05) is 11.4 Å². The normalized spacial score (nSPS) is 14.1. The molecule has 1 N–H and O–H groups in total. The number of hydrogen-bond donors (Lipinski definition) is 1. The molecule has 1 aromatic carbocycles. The summed E-state index contributed by atoms with van der Waals surface area (Å²) in [4.78, 5) is 18.4. The molecule has 0 unspecified atom stereocenters. The van der Waals surface area contributed by atoms with Gasteiger partial charge in [-0.2, -0.15) is 0 Å². The van der Waals surface area contributed by atoms with E-state index in [0.29, 0.717) is 17.0 Å². The molecule has 0 spiro atoms. The van der Waals surface area contributed by atoms with E-state index >= 15 is 0 Å². The average Bonchev–Trinajstić information content (AvgIpc) is 2.90. The molecule has 0 bridgehead atoms. The lowest BCUT2D eigenvalue weighted by Crippen LogP contribution is -2.24. The van der Waals surface area contributed by atoms with Gasteiger partial charge in [-0.25, -0.2) is 9.78 Å². The van der Waals surface area contributed by atoms with E-state index in [0.717, 1.165) is 24.5 Å². The monoisotopic (exact) mass is 302 g/mol. The molecule has 0 saturated heterocycles. The maximum atomic E-state index is 11.3. The van der Waals surface area contributed by atoms with Gasteiger partial charge in [0.15, 0.2) is 5.13 Å². The summed E-state index contributed by atoms with van der Waals surface area (Å²) in [5, 5.41) is 10.1. The first-order valence-corrected chi connectivity index (χ1v) is 8.02. The highest BCUT2D eigenvalue weighted by Gasteiger charge is 2.24. The number of carboxylic acids is 1. The lowest BCUT2D eigenvalue weighted by Gasteiger charge is -2.29. The summed E-state index contributed by atoms with van der Waals surface area (Å²) >= 11 is 1.28. The molecule has 2 heterocycles. The first-order valence-electron chi connectivity index (χ1n) is 7.20. The molecule has 110 valence electrons. The smallest absolute Gasteiger partial charge is 0.347 e. The second-order valence-corrected chi connectivity index (χ2v) is 6.30. The molecule has 0 fully saturated rings. The number of aromatic carboxylic acids is 1. The van der Waals surface area contributed by atoms with E-state index in [1.165, 1.54) is 28.2 Å². The van der Waals surface area contributed by atoms with Crippen molar-refractivity contribution in [1.29, 1.82) is 0 Å². The fourth-order valence-corrected chi connectivity index (χ4v) is 3.82. The molecule has 1 aliphatic heterocycles. The number of aromatic nitrogens is 1. The van der Waals surface area contributed by atoms with Crippen molar-refractivity contribution in [2.24, 2.45) is 0 Å². The van der Waals surface area contributed by atoms with Crippen LogP contribution in [-0.4, -0.2) is 22.6 Å². The highest BCUT2D eigenvalue weighted by molar-refractivity contribution is 7.17. The average molecular weight is 302 g/mol. The number of thiazole rings is 1. The minimum absolute atomic E-state index is 0.367. The lowest BCUT2D eigenvalue weighted by atomic mass is 10.00. The Morgan fingerprint density at radius 1 is 1.48 bits per heavy atom. The number of carboxylic acid groups (broad SMARTS) is 1. The fraction of sp³-hybridized carbons (Fsp3) is 0.375. The van der Waals surface area contributed by atoms with Gasteiger partial charge < -0.3 is 10.0 Å². The summed E-state index contributed by atoms with van der Waals surface area (Å²) in [5.41, 5.74) is 4.43. The van der Waals surface area contributed by atoms with Gasteiger partial charge in [-0.1, -0.05) is 36.0 Å². The van der Waals surface area contributed by atoms with Crippen LogP contribution in [0.3, 0.4) is 0 Å². The molecule has 3 rings (SSSR count). The number of nitrogens with zero attached hydrogens (tertiary/aromatic N) is 2. The van der Waals surface area contributed by atoms with E-state index in [1.54, 1.807) is 0 Å². The van der Waals surface area contributed by atoms with E-state index < -0.39 is 5.97 Å². The van der Waals surface area contributed by atoms with Crippen LogP contribution in [0.25, 0.3) is 0 Å². The third-order valence-electron chi connectivity index (χ3n) is 3.80. The lowest BCUT2D eigenvalue weighted by molar-refractivity contribution is 0.0701. The largest absolute Gasteiger partial charge is 0.477 e. The van der Waals surface area contributed by atoms with Crippen molar-refractivity contribution < 1.29 is 9.90 Å². The van der Waals surface area contributed by atoms with Crippen molar-refractivity contribution in [1.82, 2.24) is 4.98 Å². The van der Waals surface area contributed by atoms with Crippen molar-refractivity contribution in [2.45, 2.75) is 33.1 Å². The van der Waals surface area contributed by atoms with Crippen molar-refractivity contribution >= 4 is 28.1 Å². The Morgan fingerprint density at radius 2 is 2.29 bits per heavy atom. The Morgan fingerprint density at radius 3 is 2.95 bits per heavy atom. The van der Waals surface area contributed by atoms with E-state index in [1.807, 2.05) is 6.92 Å². The molecule has 1 aliphatic rings. The second-order valence-electron chi connectivity index (χ2n) is 5.32. The van der Waals surface area contributed by atoms with E-state index in [-0.39, 0.29) is 0 Å². The predicted octanol–water partition coefficient (Wildman–Crippen LogP) is 3.80. The molecule has 1 aromatic heterocycles. The summed E-state index contributed by atoms with van der Waals surface area (Å²) in [6.45, 7) is 4.94. The van der Waals surface area contributed by atoms with Gasteiger partial charge in [0.1, 0.15) is 4.88 Å². The third-order valence-corrected chi connectivity index (χ3v) is 4.91. The Labute approximate surface area is 128 Å². The van der Waals surface area contributed by atoms with Crippen LogP contribution in [0.15, 0.2) is 18.2 Å². The topological polar surface area (TPSA) is 53.4 Å². The van der Waals surface area contributed by atoms with Gasteiger partial charge in [0.2, 0.25) is 0 Å². The minimum Gasteiger partial charge on any atom is -0.477 e. The minimum atomic E-state index is -0.878. The van der Waals surface area contributed by atoms with Crippen LogP contribution in [-0.2, 0) is 12.8 Å². The number of aryl methyl sites for hydroxylation is 3. The number of benzene rings is 1. The van der Waals surface area contributed by atoms with Crippen LogP contribution < -0.4 is 4.90 Å². The molecule has 2 aromatic rings. The Bertz CT molecular complexity index is 694. The Balaban J connectivity index is 2.05. The SMILES string of the molecule is CCc1nc(N2CCCc3cc(C)ccc32)sc1C(=O)O. The van der Waals surface area contributed by atoms with Gasteiger partial charge in [-0.15, -0.1) is 0 Å². The highest BCUT2D eigenvalue weighted by Crippen LogP contribution is 2.37. The zero-order valence-corrected chi connectivity index (χ0v) is 13.0. The van der Waals surface area contributed by atoms with E-state index in [9.17, 15) is 9.90 Å². The van der Waals surface area contributed by atoms with Gasteiger partial charge in [-0.3, -0.25) is 0 Å². The molecule has 21 heavy (non-hydrogen) atoms. The van der Waals surface area contributed by atoms with Crippen molar-refractivity contribution in [3.63, 3.8) is 0 Å². The zero-order chi connectivity index (χ0) is 15.0. The standard InChI is InChI=1S/C16H18N2O2S/c1-3-12-14(15(19)20)21-16(17-12)18-8-4-5-11-9-10(2)6-7-13(11)18/h6-7,9H,3-5,8H2,1-2H3,(H,19,20). The first-order chi connectivity index (χ1) is 10.1. The summed E-state index contributed by atoms with van der Waals surface area (Å²) in [6.07, 6.45) is 2.79. The summed E-state index contributed by atoms with van der Waals surface area (Å²) in [5.74, 6) is -0.878. The first kappa shape index (κ1) is 14.1. The maximum Gasteiger partial charge on any atom is 0.347 e. The van der Waals surface area contributed by atoms with Crippen LogP contribution in [0, 0.1) is 6.92 Å². The summed E-state index contributed by atoms with van der Waals surface area (Å²) < 4.78 is 0. The van der Waals surface area contributed by atoms with Gasteiger partial charge in [0.05, 0.1) is 5.69 Å². The predicted molar refractivity (Wildman–Crippen MR) is 85.0 cm³/mol. The number of hydrogen-bond acceptors (Lipinski definition) is 4. The third kappa shape index (κ3) is 2.53.